The average molecular weight is 379 g/mol. The smallest absolute Gasteiger partial charge is 0.326 e. The van der Waals surface area contributed by atoms with Crippen molar-refractivity contribution in [2.45, 2.75) is 20.4 Å². The van der Waals surface area contributed by atoms with E-state index in [4.69, 9.17) is 0 Å². The number of nitrogens with zero attached hydrogens (tertiary/aromatic N) is 2. The molecule has 0 aliphatic rings. The molecule has 144 valence electrons. The van der Waals surface area contributed by atoms with Crippen LogP contribution in [-0.4, -0.2) is 26.6 Å². The molecule has 4 aromatic rings. The second-order valence-electron chi connectivity index (χ2n) is 7.23. The number of nitrogens with one attached hydrogen (secondary N) is 3. The SMILES string of the molecule is CNc1nc(-c2ccc3c(c2)[nH]c(=O)n3CC(C)C)c(-c2ccc(F)cc2)[nH]1. The molecule has 3 N–H and O–H groups in total. The second-order valence-corrected chi connectivity index (χ2v) is 7.23. The average Bonchev–Trinajstić information content (AvgIpc) is 3.23. The Morgan fingerprint density at radius 2 is 1.82 bits per heavy atom. The maximum Gasteiger partial charge on any atom is 0.326 e. The van der Waals surface area contributed by atoms with Crippen molar-refractivity contribution >= 4 is 17.0 Å². The Hall–Kier alpha value is -3.35. The van der Waals surface area contributed by atoms with Gasteiger partial charge in [-0.05, 0) is 42.3 Å². The van der Waals surface area contributed by atoms with Crippen LogP contribution in [0, 0.1) is 11.7 Å². The summed E-state index contributed by atoms with van der Waals surface area (Å²) < 4.78 is 15.1. The fraction of sp³-hybridized carbons (Fsp3) is 0.238. The second kappa shape index (κ2) is 6.99. The van der Waals surface area contributed by atoms with E-state index in [-0.39, 0.29) is 11.5 Å². The number of halogens is 1. The van der Waals surface area contributed by atoms with E-state index >= 15 is 0 Å². The minimum Gasteiger partial charge on any atom is -0.359 e. The Balaban J connectivity index is 1.85. The van der Waals surface area contributed by atoms with Crippen molar-refractivity contribution < 1.29 is 4.39 Å². The van der Waals surface area contributed by atoms with Crippen LogP contribution >= 0.6 is 0 Å². The molecule has 4 rings (SSSR count). The minimum atomic E-state index is -0.288. The normalized spacial score (nSPS) is 11.5. The van der Waals surface area contributed by atoms with Crippen molar-refractivity contribution in [3.05, 3.63) is 58.8 Å². The molecule has 2 aromatic carbocycles. The predicted molar refractivity (Wildman–Crippen MR) is 110 cm³/mol. The van der Waals surface area contributed by atoms with Crippen LogP contribution in [0.25, 0.3) is 33.5 Å². The van der Waals surface area contributed by atoms with Crippen molar-refractivity contribution in [1.82, 2.24) is 19.5 Å². The van der Waals surface area contributed by atoms with Crippen LogP contribution < -0.4 is 11.0 Å². The lowest BCUT2D eigenvalue weighted by Gasteiger charge is -2.07. The molecule has 0 radical (unpaired) electrons. The van der Waals surface area contributed by atoms with Gasteiger partial charge in [0.15, 0.2) is 0 Å². The highest BCUT2D eigenvalue weighted by Crippen LogP contribution is 2.32. The summed E-state index contributed by atoms with van der Waals surface area (Å²) in [6, 6.07) is 12.1. The summed E-state index contributed by atoms with van der Waals surface area (Å²) >= 11 is 0. The monoisotopic (exact) mass is 379 g/mol. The molecule has 2 heterocycles. The fourth-order valence-electron chi connectivity index (χ4n) is 3.38. The number of aromatic amines is 2. The Kier molecular flexibility index (Phi) is 4.50. The number of rotatable bonds is 5. The lowest BCUT2D eigenvalue weighted by molar-refractivity contribution is 0.522. The molecule has 0 aliphatic carbocycles. The van der Waals surface area contributed by atoms with Gasteiger partial charge in [0.25, 0.3) is 0 Å². The molecule has 0 amide bonds. The zero-order valence-electron chi connectivity index (χ0n) is 16.0. The van der Waals surface area contributed by atoms with E-state index in [0.717, 1.165) is 33.5 Å². The molecule has 0 bridgehead atoms. The van der Waals surface area contributed by atoms with Gasteiger partial charge in [-0.3, -0.25) is 4.57 Å². The highest BCUT2D eigenvalue weighted by Gasteiger charge is 2.16. The third-order valence-corrected chi connectivity index (χ3v) is 4.67. The van der Waals surface area contributed by atoms with Gasteiger partial charge in [-0.15, -0.1) is 0 Å². The summed E-state index contributed by atoms with van der Waals surface area (Å²) in [5.74, 6) is 0.690. The molecule has 0 saturated heterocycles. The Bertz CT molecular complexity index is 1180. The highest BCUT2D eigenvalue weighted by molar-refractivity contribution is 5.86. The zero-order valence-corrected chi connectivity index (χ0v) is 16.0. The summed E-state index contributed by atoms with van der Waals surface area (Å²) in [5, 5.41) is 3.01. The first-order valence-corrected chi connectivity index (χ1v) is 9.23. The fourth-order valence-corrected chi connectivity index (χ4v) is 3.38. The van der Waals surface area contributed by atoms with Crippen molar-refractivity contribution in [2.75, 3.05) is 12.4 Å². The van der Waals surface area contributed by atoms with Crippen LogP contribution in [0.5, 0.6) is 0 Å². The number of hydrogen-bond acceptors (Lipinski definition) is 3. The summed E-state index contributed by atoms with van der Waals surface area (Å²) in [5.41, 5.74) is 4.73. The Morgan fingerprint density at radius 3 is 2.50 bits per heavy atom. The number of aromatic nitrogens is 4. The third-order valence-electron chi connectivity index (χ3n) is 4.67. The van der Waals surface area contributed by atoms with Gasteiger partial charge in [0.05, 0.1) is 22.4 Å². The lowest BCUT2D eigenvalue weighted by atomic mass is 10.0. The first kappa shape index (κ1) is 18.0. The first-order chi connectivity index (χ1) is 13.5. The first-order valence-electron chi connectivity index (χ1n) is 9.23. The standard InChI is InChI=1S/C21H22FN5O/c1-12(2)11-27-17-9-6-14(10-16(17)24-21(27)28)19-18(25-20(23-3)26-19)13-4-7-15(22)8-5-13/h4-10,12H,11H2,1-3H3,(H,24,28)(H2,23,25,26). The van der Waals surface area contributed by atoms with E-state index in [1.165, 1.54) is 12.1 Å². The van der Waals surface area contributed by atoms with E-state index in [9.17, 15) is 9.18 Å². The summed E-state index contributed by atoms with van der Waals surface area (Å²) in [6.45, 7) is 4.82. The van der Waals surface area contributed by atoms with E-state index < -0.39 is 0 Å². The predicted octanol–water partition coefficient (Wildman–Crippen LogP) is 4.22. The molecule has 0 spiro atoms. The third kappa shape index (κ3) is 3.19. The van der Waals surface area contributed by atoms with Gasteiger partial charge in [-0.25, -0.2) is 14.2 Å². The van der Waals surface area contributed by atoms with Gasteiger partial charge in [0.2, 0.25) is 5.95 Å². The molecular weight excluding hydrogens is 357 g/mol. The number of benzene rings is 2. The number of H-pyrrole nitrogens is 2. The van der Waals surface area contributed by atoms with Crippen LogP contribution in [0.1, 0.15) is 13.8 Å². The van der Waals surface area contributed by atoms with Crippen LogP contribution in [0.4, 0.5) is 10.3 Å². The van der Waals surface area contributed by atoms with E-state index in [1.807, 2.05) is 18.2 Å². The van der Waals surface area contributed by atoms with Crippen LogP contribution in [0.2, 0.25) is 0 Å². The summed E-state index contributed by atoms with van der Waals surface area (Å²) in [7, 11) is 1.78. The molecule has 0 atom stereocenters. The number of anilines is 1. The van der Waals surface area contributed by atoms with Crippen LogP contribution in [-0.2, 0) is 6.54 Å². The minimum absolute atomic E-state index is 0.113. The summed E-state index contributed by atoms with van der Waals surface area (Å²) in [4.78, 5) is 23.1. The van der Waals surface area contributed by atoms with Gasteiger partial charge < -0.3 is 15.3 Å². The van der Waals surface area contributed by atoms with Gasteiger partial charge in [-0.1, -0.05) is 19.9 Å². The van der Waals surface area contributed by atoms with Gasteiger partial charge >= 0.3 is 5.69 Å². The number of fused-ring (bicyclic) bond motifs is 1. The van der Waals surface area contributed by atoms with Gasteiger partial charge in [0.1, 0.15) is 5.82 Å². The quantitative estimate of drug-likeness (QED) is 0.486. The van der Waals surface area contributed by atoms with Gasteiger partial charge in [-0.2, -0.15) is 0 Å². The maximum atomic E-state index is 13.3. The van der Waals surface area contributed by atoms with Crippen molar-refractivity contribution in [3.8, 4) is 22.5 Å². The highest BCUT2D eigenvalue weighted by atomic mass is 19.1. The Labute approximate surface area is 161 Å². The topological polar surface area (TPSA) is 78.5 Å². The van der Waals surface area contributed by atoms with Crippen molar-refractivity contribution in [3.63, 3.8) is 0 Å². The summed E-state index contributed by atoms with van der Waals surface area (Å²) in [6.07, 6.45) is 0. The molecule has 6 nitrogen and oxygen atoms in total. The Morgan fingerprint density at radius 1 is 1.11 bits per heavy atom. The van der Waals surface area contributed by atoms with Gasteiger partial charge in [0, 0.05) is 24.7 Å². The van der Waals surface area contributed by atoms with Crippen LogP contribution in [0.15, 0.2) is 47.3 Å². The zero-order chi connectivity index (χ0) is 19.8. The maximum absolute atomic E-state index is 13.3. The number of imidazole rings is 2. The van der Waals surface area contributed by atoms with Crippen molar-refractivity contribution in [2.24, 2.45) is 5.92 Å². The molecule has 0 fully saturated rings. The number of hydrogen-bond donors (Lipinski definition) is 3. The van der Waals surface area contributed by atoms with Crippen molar-refractivity contribution in [1.29, 1.82) is 0 Å². The molecule has 0 saturated carbocycles. The van der Waals surface area contributed by atoms with Crippen LogP contribution in [0.3, 0.4) is 0 Å². The molecule has 0 aliphatic heterocycles. The van der Waals surface area contributed by atoms with E-state index in [0.29, 0.717) is 18.4 Å². The molecule has 0 unspecified atom stereocenters. The molecule has 28 heavy (non-hydrogen) atoms. The molecule has 2 aromatic heterocycles. The largest absolute Gasteiger partial charge is 0.359 e. The molecular formula is C21H22FN5O. The van der Waals surface area contributed by atoms with E-state index in [2.05, 4.69) is 34.1 Å². The van der Waals surface area contributed by atoms with E-state index in [1.54, 1.807) is 23.7 Å². The molecule has 7 heteroatoms. The lowest BCUT2D eigenvalue weighted by Crippen LogP contribution is -2.19.